The smallest absolute Gasteiger partial charge is 0.251 e. The van der Waals surface area contributed by atoms with E-state index in [9.17, 15) is 4.79 Å². The zero-order chi connectivity index (χ0) is 12.2. The average molecular weight is 240 g/mol. The lowest BCUT2D eigenvalue weighted by Crippen LogP contribution is -2.43. The fourth-order valence-corrected chi connectivity index (χ4v) is 1.86. The molecule has 1 N–H and O–H groups in total. The van der Waals surface area contributed by atoms with Crippen LogP contribution >= 0.6 is 11.6 Å². The summed E-state index contributed by atoms with van der Waals surface area (Å²) in [7, 11) is 0. The van der Waals surface area contributed by atoms with Crippen molar-refractivity contribution >= 4 is 17.5 Å². The maximum Gasteiger partial charge on any atom is 0.251 e. The third-order valence-corrected chi connectivity index (χ3v) is 2.67. The van der Waals surface area contributed by atoms with Gasteiger partial charge in [0.1, 0.15) is 0 Å². The minimum Gasteiger partial charge on any atom is -0.347 e. The number of carbonyl (C=O) groups is 1. The number of alkyl halides is 1. The summed E-state index contributed by atoms with van der Waals surface area (Å²) >= 11 is 5.68. The number of benzene rings is 1. The summed E-state index contributed by atoms with van der Waals surface area (Å²) in [5.74, 6) is 0.497. The Morgan fingerprint density at radius 1 is 1.31 bits per heavy atom. The summed E-state index contributed by atoms with van der Waals surface area (Å²) in [6.45, 7) is 5.95. The van der Waals surface area contributed by atoms with Gasteiger partial charge in [0.2, 0.25) is 0 Å². The van der Waals surface area contributed by atoms with Crippen molar-refractivity contribution in [2.45, 2.75) is 32.7 Å². The number of amides is 1. The Labute approximate surface area is 102 Å². The SMILES string of the molecule is Cc1ccc(C(=O)NC(C)(C)CCCl)cc1. The molecule has 2 nitrogen and oxygen atoms in total. The molecule has 1 aromatic rings. The van der Waals surface area contributed by atoms with Crippen molar-refractivity contribution in [3.8, 4) is 0 Å². The van der Waals surface area contributed by atoms with Gasteiger partial charge < -0.3 is 5.32 Å². The lowest BCUT2D eigenvalue weighted by Gasteiger charge is -2.25. The van der Waals surface area contributed by atoms with Crippen molar-refractivity contribution < 1.29 is 4.79 Å². The summed E-state index contributed by atoms with van der Waals surface area (Å²) in [5, 5.41) is 2.97. The number of halogens is 1. The van der Waals surface area contributed by atoms with Crippen LogP contribution in [0.4, 0.5) is 0 Å². The first kappa shape index (κ1) is 13.0. The molecule has 1 amide bonds. The second-order valence-corrected chi connectivity index (χ2v) is 5.02. The molecule has 0 atom stereocenters. The molecule has 0 fully saturated rings. The summed E-state index contributed by atoms with van der Waals surface area (Å²) in [4.78, 5) is 11.9. The Morgan fingerprint density at radius 2 is 1.88 bits per heavy atom. The van der Waals surface area contributed by atoms with Crippen molar-refractivity contribution in [1.82, 2.24) is 5.32 Å². The number of rotatable bonds is 4. The molecular formula is C13H18ClNO. The van der Waals surface area contributed by atoms with Crippen LogP contribution in [-0.4, -0.2) is 17.3 Å². The molecule has 0 unspecified atom stereocenters. The molecule has 0 saturated carbocycles. The van der Waals surface area contributed by atoms with Crippen molar-refractivity contribution in [1.29, 1.82) is 0 Å². The molecule has 0 heterocycles. The van der Waals surface area contributed by atoms with Crippen LogP contribution in [0.25, 0.3) is 0 Å². The van der Waals surface area contributed by atoms with Gasteiger partial charge in [-0.1, -0.05) is 17.7 Å². The fraction of sp³-hybridized carbons (Fsp3) is 0.462. The molecule has 1 rings (SSSR count). The Bertz CT molecular complexity index is 357. The first-order valence-electron chi connectivity index (χ1n) is 5.40. The first-order valence-corrected chi connectivity index (χ1v) is 5.93. The molecule has 0 aliphatic rings. The monoisotopic (exact) mass is 239 g/mol. The van der Waals surface area contributed by atoms with E-state index in [0.29, 0.717) is 11.4 Å². The highest BCUT2D eigenvalue weighted by Gasteiger charge is 2.20. The maximum absolute atomic E-state index is 11.9. The Balaban J connectivity index is 2.69. The molecule has 0 aromatic heterocycles. The number of hydrogen-bond donors (Lipinski definition) is 1. The van der Waals surface area contributed by atoms with Crippen molar-refractivity contribution in [3.05, 3.63) is 35.4 Å². The second kappa shape index (κ2) is 5.35. The van der Waals surface area contributed by atoms with Crippen LogP contribution < -0.4 is 5.32 Å². The van der Waals surface area contributed by atoms with E-state index < -0.39 is 0 Å². The third kappa shape index (κ3) is 3.86. The lowest BCUT2D eigenvalue weighted by molar-refractivity contribution is 0.0911. The van der Waals surface area contributed by atoms with Gasteiger partial charge in [-0.25, -0.2) is 0 Å². The van der Waals surface area contributed by atoms with Crippen LogP contribution in [0.1, 0.15) is 36.2 Å². The van der Waals surface area contributed by atoms with Crippen LogP contribution in [0.5, 0.6) is 0 Å². The topological polar surface area (TPSA) is 29.1 Å². The van der Waals surface area contributed by atoms with Gasteiger partial charge in [0, 0.05) is 17.0 Å². The number of nitrogens with one attached hydrogen (secondary N) is 1. The van der Waals surface area contributed by atoms with Gasteiger partial charge in [0.25, 0.3) is 5.91 Å². The Morgan fingerprint density at radius 3 is 2.38 bits per heavy atom. The summed E-state index contributed by atoms with van der Waals surface area (Å²) in [5.41, 5.74) is 1.58. The van der Waals surface area contributed by atoms with Crippen molar-refractivity contribution in [2.75, 3.05) is 5.88 Å². The molecule has 0 aliphatic carbocycles. The van der Waals surface area contributed by atoms with E-state index in [4.69, 9.17) is 11.6 Å². The van der Waals surface area contributed by atoms with Gasteiger partial charge in [-0.15, -0.1) is 11.6 Å². The van der Waals surface area contributed by atoms with E-state index in [1.807, 2.05) is 45.0 Å². The highest BCUT2D eigenvalue weighted by molar-refractivity contribution is 6.17. The van der Waals surface area contributed by atoms with E-state index in [0.717, 1.165) is 12.0 Å². The largest absolute Gasteiger partial charge is 0.347 e. The molecule has 0 spiro atoms. The van der Waals surface area contributed by atoms with Crippen LogP contribution in [0.3, 0.4) is 0 Å². The van der Waals surface area contributed by atoms with Gasteiger partial charge in [0.15, 0.2) is 0 Å². The summed E-state index contributed by atoms with van der Waals surface area (Å²) in [6.07, 6.45) is 0.756. The second-order valence-electron chi connectivity index (χ2n) is 4.64. The van der Waals surface area contributed by atoms with E-state index in [1.54, 1.807) is 0 Å². The van der Waals surface area contributed by atoms with Gasteiger partial charge in [-0.2, -0.15) is 0 Å². The highest BCUT2D eigenvalue weighted by Crippen LogP contribution is 2.11. The molecular weight excluding hydrogens is 222 g/mol. The maximum atomic E-state index is 11.9. The molecule has 16 heavy (non-hydrogen) atoms. The van der Waals surface area contributed by atoms with E-state index in [-0.39, 0.29) is 11.4 Å². The standard InChI is InChI=1S/C13H18ClNO/c1-10-4-6-11(7-5-10)12(16)15-13(2,3)8-9-14/h4-7H,8-9H2,1-3H3,(H,15,16). The van der Waals surface area contributed by atoms with Gasteiger partial charge in [0.05, 0.1) is 0 Å². The number of carbonyl (C=O) groups excluding carboxylic acids is 1. The molecule has 0 bridgehead atoms. The van der Waals surface area contributed by atoms with Crippen LogP contribution in [-0.2, 0) is 0 Å². The van der Waals surface area contributed by atoms with Crippen molar-refractivity contribution in [3.63, 3.8) is 0 Å². The normalized spacial score (nSPS) is 11.2. The Hall–Kier alpha value is -1.02. The lowest BCUT2D eigenvalue weighted by atomic mass is 10.0. The van der Waals surface area contributed by atoms with Crippen LogP contribution in [0, 0.1) is 6.92 Å². The molecule has 0 aliphatic heterocycles. The minimum atomic E-state index is -0.260. The summed E-state index contributed by atoms with van der Waals surface area (Å²) < 4.78 is 0. The summed E-state index contributed by atoms with van der Waals surface area (Å²) in [6, 6.07) is 7.54. The van der Waals surface area contributed by atoms with E-state index in [1.165, 1.54) is 0 Å². The molecule has 0 radical (unpaired) electrons. The van der Waals surface area contributed by atoms with Crippen LogP contribution in [0.15, 0.2) is 24.3 Å². The zero-order valence-corrected chi connectivity index (χ0v) is 10.8. The predicted molar refractivity (Wildman–Crippen MR) is 68.1 cm³/mol. The number of aryl methyl sites for hydroxylation is 1. The molecule has 1 aromatic carbocycles. The van der Waals surface area contributed by atoms with Crippen LogP contribution in [0.2, 0.25) is 0 Å². The fourth-order valence-electron chi connectivity index (χ4n) is 1.38. The molecule has 88 valence electrons. The zero-order valence-electron chi connectivity index (χ0n) is 10.0. The third-order valence-electron chi connectivity index (χ3n) is 2.49. The average Bonchev–Trinajstić information content (AvgIpc) is 2.17. The Kier molecular flexibility index (Phi) is 4.36. The van der Waals surface area contributed by atoms with Crippen molar-refractivity contribution in [2.24, 2.45) is 0 Å². The number of hydrogen-bond acceptors (Lipinski definition) is 1. The van der Waals surface area contributed by atoms with Gasteiger partial charge in [-0.3, -0.25) is 4.79 Å². The predicted octanol–water partition coefficient (Wildman–Crippen LogP) is 3.13. The van der Waals surface area contributed by atoms with Gasteiger partial charge in [-0.05, 0) is 39.3 Å². The minimum absolute atomic E-state index is 0.0462. The van der Waals surface area contributed by atoms with E-state index in [2.05, 4.69) is 5.32 Å². The van der Waals surface area contributed by atoms with E-state index >= 15 is 0 Å². The quantitative estimate of drug-likeness (QED) is 0.804. The molecule has 0 saturated heterocycles. The highest BCUT2D eigenvalue weighted by atomic mass is 35.5. The first-order chi connectivity index (χ1) is 7.44. The molecule has 3 heteroatoms. The van der Waals surface area contributed by atoms with Gasteiger partial charge >= 0.3 is 0 Å².